The zero-order valence-electron chi connectivity index (χ0n) is 27.4. The number of fused-ring (bicyclic) bond motifs is 2. The number of hydrogen-bond donors (Lipinski definition) is 3. The van der Waals surface area contributed by atoms with Gasteiger partial charge in [0, 0.05) is 12.1 Å². The van der Waals surface area contributed by atoms with Gasteiger partial charge >= 0.3 is 121 Å². The molecule has 4 aliphatic rings. The fourth-order valence-electron chi connectivity index (χ4n) is 6.25. The van der Waals surface area contributed by atoms with Gasteiger partial charge in [-0.1, -0.05) is 63.4 Å². The summed E-state index contributed by atoms with van der Waals surface area (Å²) in [6.07, 6.45) is 9.93. The number of carbonyl (C=O) groups is 4. The molecule has 0 unspecified atom stereocenters. The molecule has 1 aromatic carbocycles. The van der Waals surface area contributed by atoms with Gasteiger partial charge in [-0.25, -0.2) is 9.59 Å². The first-order valence-corrected chi connectivity index (χ1v) is 13.3. The molecule has 1 aromatic rings. The summed E-state index contributed by atoms with van der Waals surface area (Å²) in [5.41, 5.74) is 0.905. The van der Waals surface area contributed by atoms with Gasteiger partial charge in [0.15, 0.2) is 0 Å². The van der Waals surface area contributed by atoms with E-state index in [-0.39, 0.29) is 218 Å². The Morgan fingerprint density at radius 1 is 0.851 bits per heavy atom. The van der Waals surface area contributed by atoms with E-state index in [0.717, 1.165) is 37.7 Å². The molecule has 47 heavy (non-hydrogen) atoms. The maximum absolute atomic E-state index is 12.4. The van der Waals surface area contributed by atoms with E-state index in [1.54, 1.807) is 0 Å². The quantitative estimate of drug-likeness (QED) is 0.130. The Labute approximate surface area is 407 Å². The van der Waals surface area contributed by atoms with Crippen LogP contribution in [-0.4, -0.2) is 63.8 Å². The van der Waals surface area contributed by atoms with Crippen molar-refractivity contribution in [1.82, 2.24) is 10.2 Å². The first-order valence-electron chi connectivity index (χ1n) is 13.3. The van der Waals surface area contributed by atoms with Crippen LogP contribution in [-0.2, 0) is 30.6 Å². The Bertz CT molecular complexity index is 959. The van der Waals surface area contributed by atoms with Crippen molar-refractivity contribution in [2.45, 2.75) is 102 Å². The molecule has 2 heterocycles. The van der Waals surface area contributed by atoms with Gasteiger partial charge in [-0.3, -0.25) is 14.5 Å². The number of ether oxygens (including phenoxy) is 1. The van der Waals surface area contributed by atoms with Crippen molar-refractivity contribution in [3.63, 3.8) is 0 Å². The van der Waals surface area contributed by atoms with Crippen molar-refractivity contribution < 1.29 is 148 Å². The molecule has 11 nitrogen and oxygen atoms in total. The third kappa shape index (κ3) is 20.9. The van der Waals surface area contributed by atoms with Gasteiger partial charge in [-0.05, 0) is 55.9 Å². The van der Waals surface area contributed by atoms with Crippen LogP contribution < -0.4 is 113 Å². The van der Waals surface area contributed by atoms with Crippen molar-refractivity contribution in [2.75, 3.05) is 0 Å². The average molecular weight is 833 g/mol. The second-order valence-electron chi connectivity index (χ2n) is 10.3. The van der Waals surface area contributed by atoms with Crippen LogP contribution in [0.3, 0.4) is 0 Å². The van der Waals surface area contributed by atoms with E-state index in [9.17, 15) is 19.5 Å². The number of hydrogen-bond acceptors (Lipinski definition) is 8. The van der Waals surface area contributed by atoms with Gasteiger partial charge in [0.25, 0.3) is 6.47 Å². The maximum Gasteiger partial charge on any atom is 1.00 e. The number of likely N-dealkylation sites (tertiary alicyclic amines) is 1. The summed E-state index contributed by atoms with van der Waals surface area (Å²) in [6.45, 7) is -0.000100. The van der Waals surface area contributed by atoms with E-state index >= 15 is 0 Å². The summed E-state index contributed by atoms with van der Waals surface area (Å²) in [4.78, 5) is 47.3. The summed E-state index contributed by atoms with van der Waals surface area (Å²) in [5.74, 6) is -0.658. The van der Waals surface area contributed by atoms with Gasteiger partial charge < -0.3 is 31.8 Å². The Morgan fingerprint density at radius 2 is 1.36 bits per heavy atom. The van der Waals surface area contributed by atoms with Gasteiger partial charge in [-0.15, -0.1) is 0 Å². The van der Waals surface area contributed by atoms with Crippen LogP contribution in [0.4, 0.5) is 4.79 Å². The Kier molecular flexibility index (Phi) is 48.1. The molecular weight excluding hydrogens is 779 g/mol. The summed E-state index contributed by atoms with van der Waals surface area (Å²) in [5, 5.41) is 29.8. The van der Waals surface area contributed by atoms with Gasteiger partial charge in [0.1, 0.15) is 18.7 Å². The van der Waals surface area contributed by atoms with Crippen molar-refractivity contribution in [3.05, 3.63) is 35.9 Å². The SMILES string of the molecule is C.O=C(O)[C@@H]1C[C@@H]2CCCC[C@@H]2N1.O=C(O)[C@@H]1C[C@@H]2CCCC[C@@H]2N1C(=O)OCc1ccccc1.O=CO[O-].S.S.S.S.S.S.[H-].[K+].[K+]. The van der Waals surface area contributed by atoms with Crippen LogP contribution in [0.5, 0.6) is 0 Å². The summed E-state index contributed by atoms with van der Waals surface area (Å²) in [6, 6.07) is 8.96. The molecule has 0 aromatic heterocycles. The molecule has 19 heteroatoms. The zero-order chi connectivity index (χ0) is 27.5. The van der Waals surface area contributed by atoms with Crippen molar-refractivity contribution in [1.29, 1.82) is 0 Å². The molecule has 3 N–H and O–H groups in total. The number of carboxylic acids is 2. The van der Waals surface area contributed by atoms with Crippen molar-refractivity contribution in [3.8, 4) is 0 Å². The molecule has 2 aliphatic heterocycles. The predicted octanol–water partition coefficient (Wildman–Crippen LogP) is -2.10. The fraction of sp³-hybridized carbons (Fsp3) is 0.643. The minimum Gasteiger partial charge on any atom is -1.00 e. The maximum atomic E-state index is 12.4. The number of nitrogens with one attached hydrogen (secondary N) is 1. The largest absolute Gasteiger partial charge is 1.00 e. The van der Waals surface area contributed by atoms with E-state index < -0.39 is 24.1 Å². The Balaban J connectivity index is -0.0000000902. The Morgan fingerprint density at radius 3 is 1.85 bits per heavy atom. The van der Waals surface area contributed by atoms with E-state index in [2.05, 4.69) is 10.2 Å². The monoisotopic (exact) mass is 832 g/mol. The van der Waals surface area contributed by atoms with E-state index in [4.69, 9.17) is 19.9 Å². The van der Waals surface area contributed by atoms with Crippen molar-refractivity contribution >= 4 is 105 Å². The molecule has 5 rings (SSSR count). The molecule has 268 valence electrons. The van der Waals surface area contributed by atoms with Crippen LogP contribution in [0.15, 0.2) is 30.3 Å². The number of carboxylic acid groups (broad SMARTS) is 2. The molecule has 0 bridgehead atoms. The predicted molar refractivity (Wildman–Crippen MR) is 202 cm³/mol. The number of aliphatic carboxylic acids is 2. The first kappa shape index (κ1) is 64.2. The normalized spacial score (nSPS) is 23.6. The summed E-state index contributed by atoms with van der Waals surface area (Å²) in [7, 11) is 0. The number of nitrogens with zero attached hydrogens (tertiary/aromatic N) is 1. The second-order valence-corrected chi connectivity index (χ2v) is 10.3. The fourth-order valence-corrected chi connectivity index (χ4v) is 6.25. The van der Waals surface area contributed by atoms with Crippen LogP contribution in [0.1, 0.15) is 78.6 Å². The molecular formula is C28H54K2N2O9S6. The van der Waals surface area contributed by atoms with Crippen LogP contribution in [0.25, 0.3) is 0 Å². The first-order chi connectivity index (χ1) is 18.3. The van der Waals surface area contributed by atoms with Crippen LogP contribution in [0.2, 0.25) is 0 Å². The minimum atomic E-state index is -0.925. The average Bonchev–Trinajstić information content (AvgIpc) is 3.55. The Hall–Kier alpha value is 2.19. The molecule has 2 saturated carbocycles. The van der Waals surface area contributed by atoms with Gasteiger partial charge in [-0.2, -0.15) is 81.0 Å². The third-order valence-electron chi connectivity index (χ3n) is 7.99. The second kappa shape index (κ2) is 35.2. The van der Waals surface area contributed by atoms with E-state index in [1.807, 2.05) is 30.3 Å². The third-order valence-corrected chi connectivity index (χ3v) is 7.99. The standard InChI is InChI=1S/C17H21NO4.C9H15NO2.CH2O3.CH4.2K.6H2S.H/c19-16(20)15-10-13-8-4-5-9-14(13)18(15)17(21)22-11-12-6-2-1-3-7-12;11-9(12)8-5-6-3-1-2-4-7(6)10-8;2-1-4-3;;;;;;;;;;/h1-3,6-7,13-15H,4-5,8-11H2,(H,19,20);6-8,10H,1-5H2,(H,11,12);1,3H;1H4;;;6*1H2;/q;;;;2*+1;;;;;;;-1/p-1/t13-,14-,15-;6-,7-,8-;;;;;;;;;;;/m00.........../s1. The molecule has 6 atom stereocenters. The van der Waals surface area contributed by atoms with E-state index in [0.29, 0.717) is 24.3 Å². The van der Waals surface area contributed by atoms with Gasteiger partial charge in [0.2, 0.25) is 0 Å². The number of amides is 1. The molecule has 0 spiro atoms. The number of benzene rings is 1. The van der Waals surface area contributed by atoms with Crippen LogP contribution >= 0.6 is 81.0 Å². The minimum absolute atomic E-state index is 0. The van der Waals surface area contributed by atoms with Gasteiger partial charge in [0.05, 0.1) is 0 Å². The van der Waals surface area contributed by atoms with Crippen LogP contribution in [0, 0.1) is 11.8 Å². The summed E-state index contributed by atoms with van der Waals surface area (Å²) >= 11 is 0. The zero-order valence-corrected chi connectivity index (χ0v) is 38.7. The molecule has 0 radical (unpaired) electrons. The molecule has 2 aliphatic carbocycles. The molecule has 2 saturated heterocycles. The number of rotatable bonds is 5. The van der Waals surface area contributed by atoms with E-state index in [1.165, 1.54) is 30.6 Å². The molecule has 1 amide bonds. The smallest absolute Gasteiger partial charge is 1.00 e. The van der Waals surface area contributed by atoms with Crippen molar-refractivity contribution in [2.24, 2.45) is 11.8 Å². The topological polar surface area (TPSA) is 166 Å². The number of carbonyl (C=O) groups excluding carboxylic acids is 2. The molecule has 4 fully saturated rings. The summed E-state index contributed by atoms with van der Waals surface area (Å²) < 4.78 is 5.37.